The molecule has 4 heteroatoms. The van der Waals surface area contributed by atoms with Crippen LogP contribution in [-0.4, -0.2) is 20.2 Å². The molecule has 1 N–H and O–H groups in total. The smallest absolute Gasteiger partial charge is 0.0866 e. The van der Waals surface area contributed by atoms with Crippen LogP contribution in [0.1, 0.15) is 18.1 Å². The second-order valence-corrected chi connectivity index (χ2v) is 5.33. The van der Waals surface area contributed by atoms with Gasteiger partial charge in [-0.05, 0) is 47.1 Å². The summed E-state index contributed by atoms with van der Waals surface area (Å²) in [5.41, 5.74) is 1.20. The van der Waals surface area contributed by atoms with Crippen molar-refractivity contribution in [3.8, 4) is 0 Å². The van der Waals surface area contributed by atoms with Gasteiger partial charge in [0.2, 0.25) is 0 Å². The van der Waals surface area contributed by atoms with Gasteiger partial charge in [-0.1, -0.05) is 17.7 Å². The number of halogens is 2. The number of nitrogens with one attached hydrogen (secondary N) is 1. The van der Waals surface area contributed by atoms with E-state index in [2.05, 4.69) is 27.3 Å². The Morgan fingerprint density at radius 1 is 1.56 bits per heavy atom. The highest BCUT2D eigenvalue weighted by Gasteiger charge is 2.29. The van der Waals surface area contributed by atoms with Gasteiger partial charge >= 0.3 is 0 Å². The predicted molar refractivity (Wildman–Crippen MR) is 69.9 cm³/mol. The van der Waals surface area contributed by atoms with Crippen LogP contribution in [0.2, 0.25) is 5.02 Å². The van der Waals surface area contributed by atoms with Crippen LogP contribution in [0.15, 0.2) is 22.7 Å². The molecule has 1 saturated heterocycles. The zero-order chi connectivity index (χ0) is 11.5. The molecule has 1 heterocycles. The van der Waals surface area contributed by atoms with E-state index in [4.69, 9.17) is 16.3 Å². The maximum Gasteiger partial charge on any atom is 0.0866 e. The van der Waals surface area contributed by atoms with Crippen molar-refractivity contribution in [2.24, 2.45) is 5.92 Å². The third kappa shape index (κ3) is 2.59. The summed E-state index contributed by atoms with van der Waals surface area (Å²) in [6.45, 7) is 1.84. The molecule has 0 spiro atoms. The van der Waals surface area contributed by atoms with Gasteiger partial charge in [-0.2, -0.15) is 0 Å². The van der Waals surface area contributed by atoms with E-state index in [0.717, 1.165) is 29.1 Å². The summed E-state index contributed by atoms with van der Waals surface area (Å²) in [7, 11) is 1.98. The fourth-order valence-electron chi connectivity index (χ4n) is 2.16. The van der Waals surface area contributed by atoms with Gasteiger partial charge in [0, 0.05) is 23.5 Å². The summed E-state index contributed by atoms with van der Waals surface area (Å²) in [5, 5.41) is 3.96. The van der Waals surface area contributed by atoms with Crippen molar-refractivity contribution in [3.63, 3.8) is 0 Å². The van der Waals surface area contributed by atoms with Crippen molar-refractivity contribution < 1.29 is 4.74 Å². The molecule has 1 fully saturated rings. The van der Waals surface area contributed by atoms with E-state index in [0.29, 0.717) is 5.92 Å². The molecule has 2 nitrogen and oxygen atoms in total. The molecule has 16 heavy (non-hydrogen) atoms. The summed E-state index contributed by atoms with van der Waals surface area (Å²) in [6.07, 6.45) is 1.31. The molecule has 0 aliphatic carbocycles. The van der Waals surface area contributed by atoms with Crippen molar-refractivity contribution >= 4 is 27.5 Å². The molecule has 2 atom stereocenters. The monoisotopic (exact) mass is 303 g/mol. The van der Waals surface area contributed by atoms with E-state index >= 15 is 0 Å². The highest BCUT2D eigenvalue weighted by atomic mass is 79.9. The molecule has 1 aromatic rings. The summed E-state index contributed by atoms with van der Waals surface area (Å²) in [4.78, 5) is 0. The molecular weight excluding hydrogens is 289 g/mol. The Kier molecular flexibility index (Phi) is 4.25. The van der Waals surface area contributed by atoms with Crippen LogP contribution in [0.5, 0.6) is 0 Å². The molecule has 0 saturated carbocycles. The van der Waals surface area contributed by atoms with Gasteiger partial charge in [-0.3, -0.25) is 0 Å². The van der Waals surface area contributed by atoms with Crippen LogP contribution >= 0.6 is 27.5 Å². The molecule has 2 unspecified atom stereocenters. The highest BCUT2D eigenvalue weighted by Crippen LogP contribution is 2.36. The third-order valence-corrected chi connectivity index (χ3v) is 4.17. The fourth-order valence-corrected chi connectivity index (χ4v) is 2.68. The second kappa shape index (κ2) is 5.50. The van der Waals surface area contributed by atoms with E-state index in [1.165, 1.54) is 5.56 Å². The largest absolute Gasteiger partial charge is 0.373 e. The van der Waals surface area contributed by atoms with Crippen molar-refractivity contribution in [1.82, 2.24) is 5.32 Å². The van der Waals surface area contributed by atoms with Crippen LogP contribution < -0.4 is 5.32 Å². The Morgan fingerprint density at radius 2 is 2.38 bits per heavy atom. The van der Waals surface area contributed by atoms with Gasteiger partial charge in [-0.15, -0.1) is 0 Å². The molecule has 0 bridgehead atoms. The Hall–Kier alpha value is -0.0900. The summed E-state index contributed by atoms with van der Waals surface area (Å²) < 4.78 is 6.73. The minimum atomic E-state index is 0.195. The number of benzene rings is 1. The molecule has 0 amide bonds. The van der Waals surface area contributed by atoms with Gasteiger partial charge in [0.1, 0.15) is 0 Å². The van der Waals surface area contributed by atoms with Crippen LogP contribution in [0, 0.1) is 5.92 Å². The molecule has 1 aliphatic rings. The van der Waals surface area contributed by atoms with E-state index < -0.39 is 0 Å². The first kappa shape index (κ1) is 12.4. The first-order chi connectivity index (χ1) is 7.72. The lowest BCUT2D eigenvalue weighted by molar-refractivity contribution is 0.0909. The molecule has 1 aliphatic heterocycles. The second-order valence-electron chi connectivity index (χ2n) is 4.07. The van der Waals surface area contributed by atoms with E-state index in [1.54, 1.807) is 0 Å². The van der Waals surface area contributed by atoms with Gasteiger partial charge in [0.05, 0.1) is 11.1 Å². The Bertz CT molecular complexity index is 372. The first-order valence-electron chi connectivity index (χ1n) is 5.43. The molecule has 0 radical (unpaired) electrons. The minimum Gasteiger partial charge on any atom is -0.373 e. The first-order valence-corrected chi connectivity index (χ1v) is 6.60. The maximum atomic E-state index is 5.98. The van der Waals surface area contributed by atoms with Crippen LogP contribution in [0.25, 0.3) is 0 Å². The van der Waals surface area contributed by atoms with E-state index in [1.807, 2.05) is 19.2 Å². The Balaban J connectivity index is 2.19. The number of hydrogen-bond acceptors (Lipinski definition) is 2. The highest BCUT2D eigenvalue weighted by molar-refractivity contribution is 9.10. The summed E-state index contributed by atoms with van der Waals surface area (Å²) >= 11 is 9.43. The molecule has 2 rings (SSSR count). The Labute approximate surface area is 109 Å². The lowest BCUT2D eigenvalue weighted by Crippen LogP contribution is -2.21. The molecule has 88 valence electrons. The molecule has 0 aromatic heterocycles. The van der Waals surface area contributed by atoms with Crippen molar-refractivity contribution in [1.29, 1.82) is 0 Å². The fraction of sp³-hybridized carbons (Fsp3) is 0.500. The van der Waals surface area contributed by atoms with E-state index in [-0.39, 0.29) is 6.10 Å². The van der Waals surface area contributed by atoms with Gasteiger partial charge in [-0.25, -0.2) is 0 Å². The van der Waals surface area contributed by atoms with Crippen LogP contribution in [-0.2, 0) is 4.74 Å². The van der Waals surface area contributed by atoms with Crippen molar-refractivity contribution in [2.75, 3.05) is 20.2 Å². The average Bonchev–Trinajstić information content (AvgIpc) is 2.71. The van der Waals surface area contributed by atoms with Gasteiger partial charge < -0.3 is 10.1 Å². The maximum absolute atomic E-state index is 5.98. The standard InChI is InChI=1S/C12H15BrClNO/c1-15-7-9-4-5-16-12(9)8-2-3-11(14)10(13)6-8/h2-3,6,9,12,15H,4-5,7H2,1H3. The molecule has 1 aromatic carbocycles. The number of hydrogen-bond donors (Lipinski definition) is 1. The average molecular weight is 305 g/mol. The predicted octanol–water partition coefficient (Wildman–Crippen LogP) is 3.40. The normalized spacial score (nSPS) is 24.9. The molecular formula is C12H15BrClNO. The third-order valence-electron chi connectivity index (χ3n) is 2.95. The number of rotatable bonds is 3. The quantitative estimate of drug-likeness (QED) is 0.924. The Morgan fingerprint density at radius 3 is 3.06 bits per heavy atom. The van der Waals surface area contributed by atoms with E-state index in [9.17, 15) is 0 Å². The van der Waals surface area contributed by atoms with Crippen LogP contribution in [0.4, 0.5) is 0 Å². The SMILES string of the molecule is CNCC1CCOC1c1ccc(Cl)c(Br)c1. The van der Waals surface area contributed by atoms with Crippen LogP contribution in [0.3, 0.4) is 0 Å². The lowest BCUT2D eigenvalue weighted by atomic mass is 9.95. The minimum absolute atomic E-state index is 0.195. The zero-order valence-electron chi connectivity index (χ0n) is 9.17. The zero-order valence-corrected chi connectivity index (χ0v) is 11.5. The summed E-state index contributed by atoms with van der Waals surface area (Å²) in [6, 6.07) is 6.02. The van der Waals surface area contributed by atoms with Gasteiger partial charge in [0.15, 0.2) is 0 Å². The topological polar surface area (TPSA) is 21.3 Å². The summed E-state index contributed by atoms with van der Waals surface area (Å²) in [5.74, 6) is 0.554. The number of ether oxygens (including phenoxy) is 1. The van der Waals surface area contributed by atoms with Gasteiger partial charge in [0.25, 0.3) is 0 Å². The lowest BCUT2D eigenvalue weighted by Gasteiger charge is -2.19. The van der Waals surface area contributed by atoms with Crippen molar-refractivity contribution in [2.45, 2.75) is 12.5 Å². The van der Waals surface area contributed by atoms with Crippen molar-refractivity contribution in [3.05, 3.63) is 33.3 Å².